The Balaban J connectivity index is 1.09. The van der Waals surface area contributed by atoms with Gasteiger partial charge in [0.05, 0.1) is 0 Å². The van der Waals surface area contributed by atoms with Crippen LogP contribution in [0.2, 0.25) is 0 Å². The van der Waals surface area contributed by atoms with Crippen molar-refractivity contribution in [2.45, 2.75) is 127 Å². The summed E-state index contributed by atoms with van der Waals surface area (Å²) in [5, 5.41) is 0. The molecule has 0 aromatic rings. The molecule has 37 heavy (non-hydrogen) atoms. The predicted octanol–water partition coefficient (Wildman–Crippen LogP) is 5.40. The van der Waals surface area contributed by atoms with Crippen LogP contribution in [-0.2, 0) is 33.2 Å². The van der Waals surface area contributed by atoms with E-state index < -0.39 is 47.9 Å². The van der Waals surface area contributed by atoms with Gasteiger partial charge < -0.3 is 33.2 Å². The van der Waals surface area contributed by atoms with E-state index in [0.717, 1.165) is 62.5 Å². The van der Waals surface area contributed by atoms with Gasteiger partial charge in [0.2, 0.25) is 0 Å². The zero-order chi connectivity index (χ0) is 25.5. The molecule has 4 bridgehead atoms. The molecule has 6 saturated heterocycles. The Morgan fingerprint density at radius 3 is 1.54 bits per heavy atom. The monoisotopic (exact) mass is 514 g/mol. The van der Waals surface area contributed by atoms with Crippen molar-refractivity contribution in [2.75, 3.05) is 0 Å². The molecule has 0 N–H and O–H groups in total. The summed E-state index contributed by atoms with van der Waals surface area (Å²) in [6, 6.07) is 0. The smallest absolute Gasteiger partial charge is 0.194 e. The minimum Gasteiger partial charge on any atom is -0.337 e. The highest BCUT2D eigenvalue weighted by Gasteiger charge is 2.73. The van der Waals surface area contributed by atoms with Gasteiger partial charge in [-0.25, -0.2) is 0 Å². The molecule has 0 amide bonds. The molecule has 0 aromatic carbocycles. The van der Waals surface area contributed by atoms with Crippen LogP contribution in [0, 0.1) is 35.5 Å². The first-order valence-corrected chi connectivity index (χ1v) is 14.7. The fourth-order valence-corrected chi connectivity index (χ4v) is 9.99. The second kappa shape index (κ2) is 7.48. The van der Waals surface area contributed by atoms with Crippen molar-refractivity contribution in [3.05, 3.63) is 24.3 Å². The Bertz CT molecular complexity index is 965. The van der Waals surface area contributed by atoms with Crippen LogP contribution in [0.1, 0.15) is 79.1 Å². The first kappa shape index (κ1) is 24.0. The SMILES string of the molecule is C=C1C(OC2O[C@@H]3O[C@@]4(C)CC[C@H]5[C@H](C)CC[C@@H](C2=C)[C@@]35O4)O[C@@H]2O[C@@]3(C)CC[C@H]4[C@H](C)CC[C@@H]1[C@@]24O3. The van der Waals surface area contributed by atoms with Crippen molar-refractivity contribution >= 4 is 0 Å². The standard InChI is InChI=1S/C30H42O7/c1-15-7-9-21-17(3)23(32-25-29(21)19(15)11-13-27(5,34-25)36-29)31-24-18(4)22-10-8-16(2)20-12-14-28(6)35-26(33-24)30(20,22)37-28/h15-16,19-26H,3-4,7-14H2,1-2,5-6H3/t15-,16-,19+,20+,21+,22+,23?,24?,25-,26-,27-,28-,29-,30-/m1/s1. The lowest BCUT2D eigenvalue weighted by Gasteiger charge is -2.58. The van der Waals surface area contributed by atoms with Crippen molar-refractivity contribution in [3.8, 4) is 0 Å². The molecule has 6 heterocycles. The maximum atomic E-state index is 6.77. The Morgan fingerprint density at radius 2 is 1.11 bits per heavy atom. The minimum absolute atomic E-state index is 0.131. The Hall–Kier alpha value is -0.800. The van der Waals surface area contributed by atoms with E-state index in [4.69, 9.17) is 33.2 Å². The molecular formula is C30H42O7. The Morgan fingerprint density at radius 1 is 0.676 bits per heavy atom. The number of ether oxygens (including phenoxy) is 7. The molecule has 2 spiro atoms. The minimum atomic E-state index is -0.646. The molecule has 14 atom stereocenters. The molecule has 8 aliphatic rings. The highest BCUT2D eigenvalue weighted by atomic mass is 16.9. The molecule has 8 rings (SSSR count). The topological polar surface area (TPSA) is 64.6 Å². The summed E-state index contributed by atoms with van der Waals surface area (Å²) >= 11 is 0. The number of rotatable bonds is 2. The molecule has 7 nitrogen and oxygen atoms in total. The van der Waals surface area contributed by atoms with Crippen LogP contribution in [0.15, 0.2) is 24.3 Å². The lowest BCUT2D eigenvalue weighted by Crippen LogP contribution is -2.66. The van der Waals surface area contributed by atoms with Crippen LogP contribution in [0.25, 0.3) is 0 Å². The van der Waals surface area contributed by atoms with E-state index in [2.05, 4.69) is 40.9 Å². The average Bonchev–Trinajstić information content (AvgIpc) is 3.20. The summed E-state index contributed by atoms with van der Waals surface area (Å²) in [7, 11) is 0. The molecular weight excluding hydrogens is 472 g/mol. The molecule has 6 aliphatic heterocycles. The van der Waals surface area contributed by atoms with Gasteiger partial charge >= 0.3 is 0 Å². The van der Waals surface area contributed by atoms with Crippen LogP contribution in [0.4, 0.5) is 0 Å². The average molecular weight is 515 g/mol. The van der Waals surface area contributed by atoms with Gasteiger partial charge in [-0.2, -0.15) is 0 Å². The van der Waals surface area contributed by atoms with Crippen LogP contribution in [0.3, 0.4) is 0 Å². The van der Waals surface area contributed by atoms with E-state index in [9.17, 15) is 0 Å². The third kappa shape index (κ3) is 2.92. The van der Waals surface area contributed by atoms with E-state index in [1.54, 1.807) is 0 Å². The van der Waals surface area contributed by atoms with Gasteiger partial charge in [0, 0.05) is 24.7 Å². The third-order valence-electron chi connectivity index (χ3n) is 11.7. The van der Waals surface area contributed by atoms with Gasteiger partial charge in [-0.15, -0.1) is 0 Å². The van der Waals surface area contributed by atoms with Crippen LogP contribution >= 0.6 is 0 Å². The molecule has 204 valence electrons. The largest absolute Gasteiger partial charge is 0.337 e. The molecule has 7 heteroatoms. The van der Waals surface area contributed by atoms with E-state index in [-0.39, 0.29) is 11.8 Å². The van der Waals surface area contributed by atoms with Crippen LogP contribution < -0.4 is 0 Å². The van der Waals surface area contributed by atoms with Crippen LogP contribution in [-0.4, -0.2) is 47.9 Å². The molecule has 0 radical (unpaired) electrons. The molecule has 2 unspecified atom stereocenters. The number of hydrogen-bond donors (Lipinski definition) is 0. The van der Waals surface area contributed by atoms with E-state index in [1.165, 1.54) is 0 Å². The van der Waals surface area contributed by atoms with Gasteiger partial charge in [-0.1, -0.05) is 27.0 Å². The van der Waals surface area contributed by atoms with Gasteiger partial charge in [-0.3, -0.25) is 0 Å². The van der Waals surface area contributed by atoms with Crippen molar-refractivity contribution in [1.29, 1.82) is 0 Å². The van der Waals surface area contributed by atoms with Crippen molar-refractivity contribution in [1.82, 2.24) is 0 Å². The number of fused-ring (bicyclic) bond motifs is 2. The van der Waals surface area contributed by atoms with Gasteiger partial charge in [-0.05, 0) is 87.2 Å². The lowest BCUT2D eigenvalue weighted by atomic mass is 9.58. The second-order valence-electron chi connectivity index (χ2n) is 13.8. The molecule has 2 aliphatic carbocycles. The highest BCUT2D eigenvalue weighted by molar-refractivity contribution is 5.26. The summed E-state index contributed by atoms with van der Waals surface area (Å²) < 4.78 is 46.4. The quantitative estimate of drug-likeness (QED) is 0.458. The van der Waals surface area contributed by atoms with Crippen molar-refractivity contribution in [3.63, 3.8) is 0 Å². The van der Waals surface area contributed by atoms with Gasteiger partial charge in [0.1, 0.15) is 11.2 Å². The number of hydrogen-bond acceptors (Lipinski definition) is 7. The first-order valence-electron chi connectivity index (χ1n) is 14.7. The summed E-state index contributed by atoms with van der Waals surface area (Å²) in [6.45, 7) is 17.9. The first-order chi connectivity index (χ1) is 17.6. The van der Waals surface area contributed by atoms with E-state index >= 15 is 0 Å². The Labute approximate surface area is 220 Å². The summed E-state index contributed by atoms with van der Waals surface area (Å²) in [5.74, 6) is 0.971. The third-order valence-corrected chi connectivity index (χ3v) is 11.7. The van der Waals surface area contributed by atoms with E-state index in [1.807, 2.05) is 0 Å². The highest BCUT2D eigenvalue weighted by Crippen LogP contribution is 2.65. The summed E-state index contributed by atoms with van der Waals surface area (Å²) in [6.07, 6.45) is 6.04. The Kier molecular flexibility index (Phi) is 4.86. The van der Waals surface area contributed by atoms with Crippen molar-refractivity contribution in [2.24, 2.45) is 35.5 Å². The van der Waals surface area contributed by atoms with Gasteiger partial charge in [0.15, 0.2) is 36.7 Å². The second-order valence-corrected chi connectivity index (χ2v) is 13.8. The lowest BCUT2D eigenvalue weighted by molar-refractivity contribution is -0.348. The van der Waals surface area contributed by atoms with E-state index in [0.29, 0.717) is 23.7 Å². The summed E-state index contributed by atoms with van der Waals surface area (Å²) in [5.41, 5.74) is 0.918. The zero-order valence-electron chi connectivity index (χ0n) is 22.7. The van der Waals surface area contributed by atoms with Crippen LogP contribution in [0.5, 0.6) is 0 Å². The molecule has 8 fully saturated rings. The predicted molar refractivity (Wildman–Crippen MR) is 133 cm³/mol. The maximum Gasteiger partial charge on any atom is 0.194 e. The fraction of sp³-hybridized carbons (Fsp3) is 0.867. The van der Waals surface area contributed by atoms with Gasteiger partial charge in [0.25, 0.3) is 0 Å². The maximum absolute atomic E-state index is 6.77. The fourth-order valence-electron chi connectivity index (χ4n) is 9.99. The molecule has 2 saturated carbocycles. The normalized spacial score (nSPS) is 61.7. The summed E-state index contributed by atoms with van der Waals surface area (Å²) in [4.78, 5) is 0. The zero-order valence-corrected chi connectivity index (χ0v) is 22.7. The molecule has 0 aromatic heterocycles. The van der Waals surface area contributed by atoms with Crippen molar-refractivity contribution < 1.29 is 33.2 Å².